The van der Waals surface area contributed by atoms with Crippen LogP contribution in [-0.2, 0) is 4.74 Å². The van der Waals surface area contributed by atoms with Crippen LogP contribution in [0.2, 0.25) is 0 Å². The highest BCUT2D eigenvalue weighted by Gasteiger charge is 2.01. The number of anilines is 1. The Morgan fingerprint density at radius 3 is 3.20 bits per heavy atom. The van der Waals surface area contributed by atoms with Crippen molar-refractivity contribution in [2.45, 2.75) is 0 Å². The fourth-order valence-electron chi connectivity index (χ4n) is 0.339. The maximum absolute atomic E-state index is 10.5. The van der Waals surface area contributed by atoms with Crippen LogP contribution < -0.4 is 5.32 Å². The quantitative estimate of drug-likeness (QED) is 0.647. The topological polar surface area (TPSA) is 64.1 Å². The fourth-order valence-corrected chi connectivity index (χ4v) is 0.723. The molecule has 6 heteroatoms. The van der Waals surface area contributed by atoms with Gasteiger partial charge in [0.15, 0.2) is 5.51 Å². The lowest BCUT2D eigenvalue weighted by Crippen LogP contribution is -2.10. The maximum Gasteiger partial charge on any atom is 0.413 e. The van der Waals surface area contributed by atoms with E-state index in [9.17, 15) is 4.79 Å². The number of rotatable bonds is 1. The summed E-state index contributed by atoms with van der Waals surface area (Å²) in [7, 11) is 1.28. The lowest BCUT2D eigenvalue weighted by molar-refractivity contribution is 0.187. The summed E-state index contributed by atoms with van der Waals surface area (Å²) in [6.07, 6.45) is -0.551. The molecule has 0 aliphatic rings. The molecule has 10 heavy (non-hydrogen) atoms. The van der Waals surface area contributed by atoms with Gasteiger partial charge in [0.05, 0.1) is 7.11 Å². The highest BCUT2D eigenvalue weighted by molar-refractivity contribution is 7.13. The monoisotopic (exact) mass is 158 g/mol. The van der Waals surface area contributed by atoms with Crippen molar-refractivity contribution < 1.29 is 9.53 Å². The van der Waals surface area contributed by atoms with Crippen molar-refractivity contribution >= 4 is 22.6 Å². The zero-order valence-corrected chi connectivity index (χ0v) is 5.94. The molecule has 0 spiro atoms. The zero-order chi connectivity index (χ0) is 7.40. The lowest BCUT2D eigenvalue weighted by atomic mass is 11.0. The lowest BCUT2D eigenvalue weighted by Gasteiger charge is -1.95. The molecule has 0 unspecified atom stereocenters. The van der Waals surface area contributed by atoms with Gasteiger partial charge in [-0.2, -0.15) is 0 Å². The minimum Gasteiger partial charge on any atom is -0.453 e. The molecule has 1 amide bonds. The number of hydrogen-bond donors (Lipinski definition) is 1. The number of amides is 1. The molecule has 53 valence electrons. The van der Waals surface area contributed by atoms with E-state index in [2.05, 4.69) is 25.8 Å². The van der Waals surface area contributed by atoms with Crippen molar-refractivity contribution in [2.75, 3.05) is 12.4 Å². The summed E-state index contributed by atoms with van der Waals surface area (Å²) < 4.78 is 4.30. The van der Waals surface area contributed by atoms with Crippen LogP contribution in [0, 0.1) is 5.51 Å². The summed E-state index contributed by atoms with van der Waals surface area (Å²) in [6, 6.07) is 0. The first kappa shape index (κ1) is 6.94. The molecular weight excluding hydrogens is 154 g/mol. The minimum absolute atomic E-state index is 0.381. The van der Waals surface area contributed by atoms with Crippen LogP contribution in [0.3, 0.4) is 0 Å². The molecule has 0 saturated carbocycles. The Morgan fingerprint density at radius 1 is 1.90 bits per heavy atom. The second-order valence-corrected chi connectivity index (χ2v) is 2.09. The molecule has 1 aromatic rings. The Kier molecular flexibility index (Phi) is 2.16. The number of carbonyl (C=O) groups is 1. The second kappa shape index (κ2) is 3.11. The number of nitrogens with zero attached hydrogens (tertiary/aromatic N) is 2. The molecular formula is C4H4N3O2S. The van der Waals surface area contributed by atoms with E-state index in [1.807, 2.05) is 0 Å². The summed E-state index contributed by atoms with van der Waals surface area (Å²) in [4.78, 5) is 10.5. The van der Waals surface area contributed by atoms with Gasteiger partial charge in [-0.05, 0) is 0 Å². The van der Waals surface area contributed by atoms with Crippen LogP contribution in [0.4, 0.5) is 9.93 Å². The van der Waals surface area contributed by atoms with Gasteiger partial charge < -0.3 is 4.74 Å². The largest absolute Gasteiger partial charge is 0.453 e. The summed E-state index contributed by atoms with van der Waals surface area (Å²) in [5, 5.41) is 9.59. The van der Waals surface area contributed by atoms with Gasteiger partial charge in [0, 0.05) is 0 Å². The molecule has 0 aliphatic carbocycles. The van der Waals surface area contributed by atoms with Gasteiger partial charge in [-0.25, -0.2) is 4.79 Å². The first-order chi connectivity index (χ1) is 4.83. The van der Waals surface area contributed by atoms with Gasteiger partial charge in [-0.1, -0.05) is 11.3 Å². The minimum atomic E-state index is -0.551. The second-order valence-electron chi connectivity index (χ2n) is 1.32. The number of carbonyl (C=O) groups excluding carboxylic acids is 1. The van der Waals surface area contributed by atoms with E-state index in [1.165, 1.54) is 7.11 Å². The molecule has 0 aromatic carbocycles. The van der Waals surface area contributed by atoms with Crippen LogP contribution >= 0.6 is 11.3 Å². The Bertz CT molecular complexity index is 210. The molecule has 1 heterocycles. The highest BCUT2D eigenvalue weighted by atomic mass is 32.1. The van der Waals surface area contributed by atoms with Crippen molar-refractivity contribution in [3.8, 4) is 0 Å². The van der Waals surface area contributed by atoms with Crippen molar-refractivity contribution in [1.82, 2.24) is 10.2 Å². The third-order valence-corrected chi connectivity index (χ3v) is 1.27. The maximum atomic E-state index is 10.5. The first-order valence-electron chi connectivity index (χ1n) is 2.37. The van der Waals surface area contributed by atoms with E-state index in [4.69, 9.17) is 0 Å². The van der Waals surface area contributed by atoms with Crippen molar-refractivity contribution in [3.63, 3.8) is 0 Å². The van der Waals surface area contributed by atoms with E-state index in [-0.39, 0.29) is 0 Å². The van der Waals surface area contributed by atoms with Gasteiger partial charge in [-0.3, -0.25) is 5.32 Å². The zero-order valence-electron chi connectivity index (χ0n) is 5.12. The molecule has 0 bridgehead atoms. The van der Waals surface area contributed by atoms with E-state index in [1.54, 1.807) is 0 Å². The average Bonchev–Trinajstić information content (AvgIpc) is 2.40. The number of nitrogens with one attached hydrogen (secondary N) is 1. The first-order valence-corrected chi connectivity index (χ1v) is 3.19. The van der Waals surface area contributed by atoms with Crippen molar-refractivity contribution in [1.29, 1.82) is 0 Å². The third kappa shape index (κ3) is 1.66. The standard InChI is InChI=1S/C4H4N3O2S/c1-9-4(8)6-3-7-5-2-10-3/h1H3,(H,6,7,8). The summed E-state index contributed by atoms with van der Waals surface area (Å²) >= 11 is 1.11. The summed E-state index contributed by atoms with van der Waals surface area (Å²) in [6.45, 7) is 0. The SMILES string of the molecule is COC(=O)Nc1nn[c]s1. The summed E-state index contributed by atoms with van der Waals surface area (Å²) in [5.41, 5.74) is 2.47. The Hall–Kier alpha value is -1.17. The molecule has 5 nitrogen and oxygen atoms in total. The Morgan fingerprint density at radius 2 is 2.70 bits per heavy atom. The normalized spacial score (nSPS) is 8.90. The van der Waals surface area contributed by atoms with Gasteiger partial charge in [-0.15, -0.1) is 10.2 Å². The van der Waals surface area contributed by atoms with Crippen LogP contribution in [0.5, 0.6) is 0 Å². The van der Waals surface area contributed by atoms with Gasteiger partial charge in [0.2, 0.25) is 5.13 Å². The number of aromatic nitrogens is 2. The number of ether oxygens (including phenoxy) is 1. The van der Waals surface area contributed by atoms with E-state index in [0.29, 0.717) is 5.13 Å². The van der Waals surface area contributed by atoms with Gasteiger partial charge in [0.1, 0.15) is 0 Å². The molecule has 1 N–H and O–H groups in total. The molecule has 0 atom stereocenters. The molecule has 1 rings (SSSR count). The van der Waals surface area contributed by atoms with Crippen LogP contribution in [0.25, 0.3) is 0 Å². The van der Waals surface area contributed by atoms with Gasteiger partial charge in [0.25, 0.3) is 0 Å². The van der Waals surface area contributed by atoms with Crippen LogP contribution in [0.15, 0.2) is 0 Å². The predicted molar refractivity (Wildman–Crippen MR) is 34.8 cm³/mol. The Balaban J connectivity index is 2.48. The van der Waals surface area contributed by atoms with Gasteiger partial charge >= 0.3 is 6.09 Å². The molecule has 0 saturated heterocycles. The van der Waals surface area contributed by atoms with Crippen molar-refractivity contribution in [2.24, 2.45) is 0 Å². The Labute approximate surface area is 61.0 Å². The van der Waals surface area contributed by atoms with E-state index < -0.39 is 6.09 Å². The predicted octanol–water partition coefficient (Wildman–Crippen LogP) is 0.517. The van der Waals surface area contributed by atoms with E-state index >= 15 is 0 Å². The third-order valence-electron chi connectivity index (χ3n) is 0.718. The molecule has 0 fully saturated rings. The molecule has 1 radical (unpaired) electrons. The van der Waals surface area contributed by atoms with Crippen molar-refractivity contribution in [3.05, 3.63) is 5.51 Å². The fraction of sp³-hybridized carbons (Fsp3) is 0.250. The average molecular weight is 158 g/mol. The van der Waals surface area contributed by atoms with Crippen LogP contribution in [0.1, 0.15) is 0 Å². The number of hydrogen-bond acceptors (Lipinski definition) is 5. The summed E-state index contributed by atoms with van der Waals surface area (Å²) in [5.74, 6) is 0. The number of methoxy groups -OCH3 is 1. The van der Waals surface area contributed by atoms with E-state index in [0.717, 1.165) is 11.3 Å². The van der Waals surface area contributed by atoms with Crippen LogP contribution in [-0.4, -0.2) is 23.4 Å². The molecule has 0 aliphatic heterocycles. The molecule has 1 aromatic heterocycles. The highest BCUT2D eigenvalue weighted by Crippen LogP contribution is 2.06. The smallest absolute Gasteiger partial charge is 0.413 e.